The summed E-state index contributed by atoms with van der Waals surface area (Å²) in [6, 6.07) is 10.5. The SMILES string of the molecule is O=C(CCC(=O)OCC(=O)Oc1ccccc1C(=O)OCC(=O)OCCCCO[N+](=O)[O-])OCC(=O)Oc1ccccc1C(=O)OCC(=O)OCCCCO[N+](=O)[O-]. The molecule has 0 aliphatic carbocycles. The third kappa shape index (κ3) is 20.3. The number of ether oxygens (including phenoxy) is 8. The van der Waals surface area contributed by atoms with Gasteiger partial charge in [-0.05, 0) is 49.9 Å². The zero-order valence-corrected chi connectivity index (χ0v) is 30.4. The van der Waals surface area contributed by atoms with E-state index in [0.29, 0.717) is 0 Å². The Morgan fingerprint density at radius 1 is 0.431 bits per heavy atom. The van der Waals surface area contributed by atoms with Gasteiger partial charge in [0.15, 0.2) is 26.4 Å². The molecule has 0 saturated heterocycles. The number of nitrogens with zero attached hydrogens (tertiary/aromatic N) is 2. The van der Waals surface area contributed by atoms with Crippen LogP contribution in [0.25, 0.3) is 0 Å². The number of hydrogen-bond acceptors (Lipinski definition) is 22. The monoisotopic (exact) mass is 824 g/mol. The van der Waals surface area contributed by atoms with Crippen LogP contribution in [0.2, 0.25) is 0 Å². The van der Waals surface area contributed by atoms with Gasteiger partial charge in [0.2, 0.25) is 0 Å². The molecule has 0 amide bonds. The molecule has 0 aliphatic rings. The Bertz CT molecular complexity index is 1650. The van der Waals surface area contributed by atoms with E-state index in [9.17, 15) is 58.6 Å². The number of esters is 8. The molecule has 2 aromatic rings. The lowest BCUT2D eigenvalue weighted by molar-refractivity contribution is -0.757. The Morgan fingerprint density at radius 2 is 0.776 bits per heavy atom. The highest BCUT2D eigenvalue weighted by atomic mass is 17.0. The lowest BCUT2D eigenvalue weighted by Gasteiger charge is -2.11. The number of hydrogen-bond donors (Lipinski definition) is 0. The van der Waals surface area contributed by atoms with E-state index in [1.807, 2.05) is 0 Å². The molecule has 0 N–H and O–H groups in total. The van der Waals surface area contributed by atoms with Gasteiger partial charge in [0.1, 0.15) is 22.6 Å². The van der Waals surface area contributed by atoms with E-state index in [4.69, 9.17) is 37.9 Å². The Hall–Kier alpha value is -7.40. The van der Waals surface area contributed by atoms with E-state index in [1.165, 1.54) is 48.5 Å². The van der Waals surface area contributed by atoms with Crippen LogP contribution in [0, 0.1) is 20.2 Å². The highest BCUT2D eigenvalue weighted by molar-refractivity contribution is 5.95. The Balaban J connectivity index is 1.68. The van der Waals surface area contributed by atoms with Gasteiger partial charge in [-0.3, -0.25) is 9.59 Å². The summed E-state index contributed by atoms with van der Waals surface area (Å²) in [5.74, 6) is -8.85. The molecule has 0 radical (unpaired) electrons. The van der Waals surface area contributed by atoms with Crippen LogP contribution in [-0.2, 0) is 66.9 Å². The van der Waals surface area contributed by atoms with Gasteiger partial charge in [0.05, 0.1) is 39.3 Å². The van der Waals surface area contributed by atoms with E-state index < -0.39 is 97.2 Å². The van der Waals surface area contributed by atoms with Gasteiger partial charge in [-0.15, -0.1) is 20.2 Å². The Labute approximate surface area is 326 Å². The minimum atomic E-state index is -1.13. The second kappa shape index (κ2) is 26.4. The summed E-state index contributed by atoms with van der Waals surface area (Å²) in [5.41, 5.74) is -0.520. The molecule has 0 aromatic heterocycles. The van der Waals surface area contributed by atoms with Crippen LogP contribution in [0.5, 0.6) is 11.5 Å². The minimum Gasteiger partial charge on any atom is -0.463 e. The van der Waals surface area contributed by atoms with E-state index in [-0.39, 0.29) is 74.7 Å². The minimum absolute atomic E-state index is 0.110. The van der Waals surface area contributed by atoms with Crippen LogP contribution in [0.15, 0.2) is 48.5 Å². The number of rotatable bonds is 27. The van der Waals surface area contributed by atoms with E-state index in [2.05, 4.69) is 9.68 Å². The van der Waals surface area contributed by atoms with E-state index >= 15 is 0 Å². The summed E-state index contributed by atoms with van der Waals surface area (Å²) >= 11 is 0. The lowest BCUT2D eigenvalue weighted by Crippen LogP contribution is -2.22. The van der Waals surface area contributed by atoms with Crippen LogP contribution in [0.3, 0.4) is 0 Å². The second-order valence-electron chi connectivity index (χ2n) is 10.9. The first-order valence-electron chi connectivity index (χ1n) is 16.9. The van der Waals surface area contributed by atoms with Crippen LogP contribution in [-0.4, -0.2) is 111 Å². The van der Waals surface area contributed by atoms with Gasteiger partial charge in [0, 0.05) is 0 Å². The molecule has 0 saturated carbocycles. The molecular weight excluding hydrogens is 788 g/mol. The zero-order chi connectivity index (χ0) is 42.7. The quantitative estimate of drug-likeness (QED) is 0.0307. The molecule has 0 atom stereocenters. The molecule has 0 bridgehead atoms. The molecule has 0 heterocycles. The molecule has 0 unspecified atom stereocenters. The number of benzene rings is 2. The summed E-state index contributed by atoms with van der Waals surface area (Å²) in [5, 5.41) is 18.3. The molecular formula is C34H36N2O22. The molecule has 314 valence electrons. The van der Waals surface area contributed by atoms with Gasteiger partial charge >= 0.3 is 47.8 Å². The predicted molar refractivity (Wildman–Crippen MR) is 182 cm³/mol. The van der Waals surface area contributed by atoms with Crippen molar-refractivity contribution in [1.29, 1.82) is 0 Å². The average Bonchev–Trinajstić information content (AvgIpc) is 3.19. The predicted octanol–water partition coefficient (Wildman–Crippen LogP) is 1.44. The maximum absolute atomic E-state index is 12.5. The maximum atomic E-state index is 12.5. The van der Waals surface area contributed by atoms with Crippen molar-refractivity contribution in [2.75, 3.05) is 52.9 Å². The molecule has 24 nitrogen and oxygen atoms in total. The number of para-hydroxylation sites is 2. The molecule has 24 heteroatoms. The van der Waals surface area contributed by atoms with Crippen LogP contribution in [0.1, 0.15) is 59.2 Å². The fraction of sp³-hybridized carbons (Fsp3) is 0.412. The summed E-state index contributed by atoms with van der Waals surface area (Å²) in [6.07, 6.45) is -0.192. The van der Waals surface area contributed by atoms with E-state index in [0.717, 1.165) is 0 Å². The molecule has 0 spiro atoms. The van der Waals surface area contributed by atoms with Crippen molar-refractivity contribution < 1.29 is 96.1 Å². The second-order valence-corrected chi connectivity index (χ2v) is 10.9. The van der Waals surface area contributed by atoms with E-state index in [1.54, 1.807) is 0 Å². The molecule has 58 heavy (non-hydrogen) atoms. The van der Waals surface area contributed by atoms with Crippen molar-refractivity contribution in [2.24, 2.45) is 0 Å². The standard InChI is InChI=1S/C34H36N2O22/c37-27(51-21-31(41)57-25-11-3-1-9-23(25)33(43)53-19-29(39)49-15-5-7-17-55-35(45)46)13-14-28(38)52-22-32(42)58-26-12-4-2-10-24(26)34(44)54-20-30(40)50-16-6-8-18-56-36(47)48/h1-4,9-12H,5-8,13-22H2. The first kappa shape index (κ1) is 46.8. The highest BCUT2D eigenvalue weighted by Crippen LogP contribution is 2.20. The fourth-order valence-electron chi connectivity index (χ4n) is 3.93. The Morgan fingerprint density at radius 3 is 1.16 bits per heavy atom. The third-order valence-corrected chi connectivity index (χ3v) is 6.54. The molecule has 2 aromatic carbocycles. The number of carbonyl (C=O) groups is 8. The molecule has 0 fully saturated rings. The van der Waals surface area contributed by atoms with Gasteiger partial charge in [-0.25, -0.2) is 28.8 Å². The van der Waals surface area contributed by atoms with Crippen molar-refractivity contribution in [1.82, 2.24) is 0 Å². The maximum Gasteiger partial charge on any atom is 0.349 e. The van der Waals surface area contributed by atoms with Crippen LogP contribution in [0.4, 0.5) is 0 Å². The number of unbranched alkanes of at least 4 members (excludes halogenated alkanes) is 2. The zero-order valence-electron chi connectivity index (χ0n) is 30.4. The third-order valence-electron chi connectivity index (χ3n) is 6.54. The first-order valence-corrected chi connectivity index (χ1v) is 16.9. The largest absolute Gasteiger partial charge is 0.463 e. The normalized spacial score (nSPS) is 10.1. The van der Waals surface area contributed by atoms with Crippen LogP contribution < -0.4 is 9.47 Å². The average molecular weight is 825 g/mol. The molecule has 0 aliphatic heterocycles. The lowest BCUT2D eigenvalue weighted by atomic mass is 10.2. The summed E-state index contributed by atoms with van der Waals surface area (Å²) in [4.78, 5) is 126. The van der Waals surface area contributed by atoms with Crippen molar-refractivity contribution in [3.8, 4) is 11.5 Å². The van der Waals surface area contributed by atoms with Crippen LogP contribution >= 0.6 is 0 Å². The Kier molecular flexibility index (Phi) is 21.3. The van der Waals surface area contributed by atoms with Gasteiger partial charge in [-0.2, -0.15) is 0 Å². The van der Waals surface area contributed by atoms with Gasteiger partial charge < -0.3 is 47.6 Å². The summed E-state index contributed by atoms with van der Waals surface area (Å²) < 4.78 is 39.1. The van der Waals surface area contributed by atoms with Crippen molar-refractivity contribution >= 4 is 47.8 Å². The summed E-state index contributed by atoms with van der Waals surface area (Å²) in [6.45, 7) is -4.04. The smallest absolute Gasteiger partial charge is 0.349 e. The summed E-state index contributed by atoms with van der Waals surface area (Å²) in [7, 11) is 0. The van der Waals surface area contributed by atoms with Crippen molar-refractivity contribution in [3.63, 3.8) is 0 Å². The topological polar surface area (TPSA) is 315 Å². The van der Waals surface area contributed by atoms with Crippen molar-refractivity contribution in [2.45, 2.75) is 38.5 Å². The molecule has 2 rings (SSSR count). The van der Waals surface area contributed by atoms with Crippen molar-refractivity contribution in [3.05, 3.63) is 79.9 Å². The number of carbonyl (C=O) groups excluding carboxylic acids is 8. The van der Waals surface area contributed by atoms with Gasteiger partial charge in [-0.1, -0.05) is 24.3 Å². The highest BCUT2D eigenvalue weighted by Gasteiger charge is 2.21. The first-order chi connectivity index (χ1) is 27.7. The fourth-order valence-corrected chi connectivity index (χ4v) is 3.93. The van der Waals surface area contributed by atoms with Gasteiger partial charge in [0.25, 0.3) is 10.2 Å².